The summed E-state index contributed by atoms with van der Waals surface area (Å²) in [4.78, 5) is 33.1. The topological polar surface area (TPSA) is 62.3 Å². The average molecular weight is 466 g/mol. The summed E-state index contributed by atoms with van der Waals surface area (Å²) in [5, 5.41) is 0. The average Bonchev–Trinajstić information content (AvgIpc) is 2.88. The van der Waals surface area contributed by atoms with Crippen LogP contribution >= 0.6 is 0 Å². The molecule has 7 heteroatoms. The van der Waals surface area contributed by atoms with Crippen molar-refractivity contribution in [2.75, 3.05) is 59.0 Å². The number of carbonyl (C=O) groups excluding carboxylic acids is 2. The van der Waals surface area contributed by atoms with Gasteiger partial charge in [-0.2, -0.15) is 0 Å². The van der Waals surface area contributed by atoms with Crippen molar-refractivity contribution in [1.82, 2.24) is 9.80 Å². The van der Waals surface area contributed by atoms with E-state index in [4.69, 9.17) is 9.47 Å². The molecule has 2 aromatic carbocycles. The summed E-state index contributed by atoms with van der Waals surface area (Å²) < 4.78 is 10.9. The van der Waals surface area contributed by atoms with Crippen LogP contribution in [0.25, 0.3) is 0 Å². The van der Waals surface area contributed by atoms with E-state index in [1.165, 1.54) is 0 Å². The first kappa shape index (κ1) is 24.1. The number of amides is 2. The van der Waals surface area contributed by atoms with Crippen LogP contribution in [-0.2, 0) is 20.7 Å². The molecule has 2 fully saturated rings. The lowest BCUT2D eigenvalue weighted by Gasteiger charge is -2.47. The van der Waals surface area contributed by atoms with Crippen LogP contribution in [0.4, 0.5) is 5.69 Å². The van der Waals surface area contributed by atoms with Gasteiger partial charge in [-0.25, -0.2) is 0 Å². The monoisotopic (exact) mass is 465 g/mol. The van der Waals surface area contributed by atoms with E-state index < -0.39 is 11.5 Å². The summed E-state index contributed by atoms with van der Waals surface area (Å²) in [7, 11) is 5.16. The van der Waals surface area contributed by atoms with Crippen LogP contribution < -0.4 is 9.64 Å². The number of piperazine rings is 1. The Morgan fingerprint density at radius 2 is 1.71 bits per heavy atom. The smallest absolute Gasteiger partial charge is 0.246 e. The molecule has 0 aromatic heterocycles. The van der Waals surface area contributed by atoms with Crippen molar-refractivity contribution < 1.29 is 19.1 Å². The zero-order chi connectivity index (χ0) is 24.1. The number of anilines is 1. The van der Waals surface area contributed by atoms with Gasteiger partial charge in [-0.1, -0.05) is 30.3 Å². The van der Waals surface area contributed by atoms with E-state index in [2.05, 4.69) is 17.0 Å². The van der Waals surface area contributed by atoms with Crippen LogP contribution in [0.2, 0.25) is 0 Å². The highest BCUT2D eigenvalue weighted by Gasteiger charge is 2.47. The number of methoxy groups -OCH3 is 1. The molecule has 2 aliphatic rings. The van der Waals surface area contributed by atoms with Gasteiger partial charge in [-0.15, -0.1) is 0 Å². The molecule has 2 saturated heterocycles. The van der Waals surface area contributed by atoms with Gasteiger partial charge in [0.1, 0.15) is 11.8 Å². The van der Waals surface area contributed by atoms with Crippen LogP contribution in [0.3, 0.4) is 0 Å². The third kappa shape index (κ3) is 5.04. The number of carbonyl (C=O) groups is 2. The number of ether oxygens (including phenoxy) is 2. The predicted molar refractivity (Wildman–Crippen MR) is 132 cm³/mol. The van der Waals surface area contributed by atoms with Gasteiger partial charge >= 0.3 is 0 Å². The quantitative estimate of drug-likeness (QED) is 0.657. The number of rotatable bonds is 6. The van der Waals surface area contributed by atoms with E-state index in [1.807, 2.05) is 47.4 Å². The van der Waals surface area contributed by atoms with Crippen molar-refractivity contribution in [1.29, 1.82) is 0 Å². The summed E-state index contributed by atoms with van der Waals surface area (Å²) in [5.74, 6) is 0.823. The van der Waals surface area contributed by atoms with Crippen molar-refractivity contribution in [3.8, 4) is 5.75 Å². The SMILES string of the molecule is COc1ccc(N2CCN(C(=O)C3(Cc4ccccc4)CCOCC3)[C@@H](C(=O)N(C)C)C2)cc1. The number of hydrogen-bond donors (Lipinski definition) is 0. The van der Waals surface area contributed by atoms with Crippen LogP contribution in [-0.4, -0.2) is 81.7 Å². The molecule has 2 aromatic rings. The third-order valence-corrected chi connectivity index (χ3v) is 7.09. The normalized spacial score (nSPS) is 20.0. The second kappa shape index (κ2) is 10.5. The molecule has 0 aliphatic carbocycles. The molecule has 2 amide bonds. The van der Waals surface area contributed by atoms with Crippen LogP contribution in [0.5, 0.6) is 5.75 Å². The van der Waals surface area contributed by atoms with Gasteiger partial charge in [-0.05, 0) is 49.1 Å². The minimum atomic E-state index is -0.549. The molecule has 1 atom stereocenters. The van der Waals surface area contributed by atoms with E-state index in [1.54, 1.807) is 26.1 Å². The van der Waals surface area contributed by atoms with E-state index in [0.717, 1.165) is 17.0 Å². The molecule has 0 radical (unpaired) electrons. The van der Waals surface area contributed by atoms with Gasteiger partial charge < -0.3 is 24.2 Å². The predicted octanol–water partition coefficient (Wildman–Crippen LogP) is 2.84. The third-order valence-electron chi connectivity index (χ3n) is 7.09. The lowest BCUT2D eigenvalue weighted by molar-refractivity contribution is -0.156. The van der Waals surface area contributed by atoms with Gasteiger partial charge in [0.2, 0.25) is 11.8 Å². The lowest BCUT2D eigenvalue weighted by atomic mass is 9.73. The van der Waals surface area contributed by atoms with Gasteiger partial charge in [0, 0.05) is 52.6 Å². The zero-order valence-electron chi connectivity index (χ0n) is 20.4. The first-order valence-corrected chi connectivity index (χ1v) is 12.0. The van der Waals surface area contributed by atoms with E-state index >= 15 is 0 Å². The molecule has 4 rings (SSSR count). The molecule has 182 valence electrons. The van der Waals surface area contributed by atoms with Crippen LogP contribution in [0.1, 0.15) is 18.4 Å². The van der Waals surface area contributed by atoms with E-state index in [-0.39, 0.29) is 11.8 Å². The molecule has 7 nitrogen and oxygen atoms in total. The molecule has 0 saturated carbocycles. The Morgan fingerprint density at radius 3 is 2.32 bits per heavy atom. The van der Waals surface area contributed by atoms with Crippen molar-refractivity contribution in [2.45, 2.75) is 25.3 Å². The van der Waals surface area contributed by atoms with Crippen molar-refractivity contribution >= 4 is 17.5 Å². The summed E-state index contributed by atoms with van der Waals surface area (Å²) >= 11 is 0. The van der Waals surface area contributed by atoms with E-state index in [9.17, 15) is 9.59 Å². The van der Waals surface area contributed by atoms with Crippen LogP contribution in [0.15, 0.2) is 54.6 Å². The Kier molecular flexibility index (Phi) is 7.41. The Balaban J connectivity index is 1.60. The second-order valence-electron chi connectivity index (χ2n) is 9.45. The fraction of sp³-hybridized carbons (Fsp3) is 0.481. The van der Waals surface area contributed by atoms with Gasteiger partial charge in [0.25, 0.3) is 0 Å². The summed E-state index contributed by atoms with van der Waals surface area (Å²) in [6.07, 6.45) is 2.00. The molecular formula is C27H35N3O4. The van der Waals surface area contributed by atoms with Crippen molar-refractivity contribution in [3.63, 3.8) is 0 Å². The summed E-state index contributed by atoms with van der Waals surface area (Å²) in [6.45, 7) is 2.78. The first-order chi connectivity index (χ1) is 16.4. The fourth-order valence-corrected chi connectivity index (χ4v) is 5.08. The molecular weight excluding hydrogens is 430 g/mol. The Labute approximate surface area is 202 Å². The highest BCUT2D eigenvalue weighted by Crippen LogP contribution is 2.38. The van der Waals surface area contributed by atoms with Gasteiger partial charge in [0.05, 0.1) is 12.5 Å². The van der Waals surface area contributed by atoms with E-state index in [0.29, 0.717) is 52.1 Å². The second-order valence-corrected chi connectivity index (χ2v) is 9.45. The van der Waals surface area contributed by atoms with Crippen LogP contribution in [0, 0.1) is 5.41 Å². The molecule has 0 unspecified atom stereocenters. The maximum absolute atomic E-state index is 14.2. The standard InChI is InChI=1S/C27H35N3O4/c1-28(2)25(31)24-20-29(22-9-11-23(33-3)12-10-22)15-16-30(24)26(32)27(13-17-34-18-14-27)19-21-7-5-4-6-8-21/h4-12,24H,13-20H2,1-3H3/t24-/m1/s1. The molecule has 0 N–H and O–H groups in total. The molecule has 0 spiro atoms. The lowest BCUT2D eigenvalue weighted by Crippen LogP contribution is -2.63. The van der Waals surface area contributed by atoms with Crippen molar-refractivity contribution in [3.05, 3.63) is 60.2 Å². The molecule has 0 bridgehead atoms. The first-order valence-electron chi connectivity index (χ1n) is 12.0. The molecule has 2 aliphatic heterocycles. The fourth-order valence-electron chi connectivity index (χ4n) is 5.08. The number of hydrogen-bond acceptors (Lipinski definition) is 5. The largest absolute Gasteiger partial charge is 0.497 e. The maximum Gasteiger partial charge on any atom is 0.246 e. The minimum absolute atomic E-state index is 0.0477. The Hall–Kier alpha value is -3.06. The highest BCUT2D eigenvalue weighted by molar-refractivity contribution is 5.91. The molecule has 2 heterocycles. The minimum Gasteiger partial charge on any atom is -0.497 e. The maximum atomic E-state index is 14.2. The summed E-state index contributed by atoms with van der Waals surface area (Å²) in [5.41, 5.74) is 1.62. The van der Waals surface area contributed by atoms with Gasteiger partial charge in [-0.3, -0.25) is 9.59 Å². The number of benzene rings is 2. The molecule has 34 heavy (non-hydrogen) atoms. The number of nitrogens with zero attached hydrogens (tertiary/aromatic N) is 3. The zero-order valence-corrected chi connectivity index (χ0v) is 20.4. The van der Waals surface area contributed by atoms with Crippen molar-refractivity contribution in [2.24, 2.45) is 5.41 Å². The number of likely N-dealkylation sites (N-methyl/N-ethyl adjacent to an activating group) is 1. The Bertz CT molecular complexity index is 971. The van der Waals surface area contributed by atoms with Gasteiger partial charge in [0.15, 0.2) is 0 Å². The Morgan fingerprint density at radius 1 is 1.03 bits per heavy atom. The highest BCUT2D eigenvalue weighted by atomic mass is 16.5. The summed E-state index contributed by atoms with van der Waals surface area (Å²) in [6, 6.07) is 17.5.